The molecule has 1 atom stereocenters. The van der Waals surface area contributed by atoms with Gasteiger partial charge in [0, 0.05) is 0 Å². The van der Waals surface area contributed by atoms with Gasteiger partial charge in [-0.05, 0) is 52.7 Å². The van der Waals surface area contributed by atoms with E-state index in [1.54, 1.807) is 25.1 Å². The van der Waals surface area contributed by atoms with E-state index in [-0.39, 0.29) is 0 Å². The molecule has 0 heterocycles. The van der Waals surface area contributed by atoms with Crippen molar-refractivity contribution in [3.63, 3.8) is 0 Å². The molecule has 0 aliphatic heterocycles. The molecule has 0 amide bonds. The molecule has 0 fully saturated rings. The third kappa shape index (κ3) is 3.05. The molecule has 2 rings (SSSR count). The maximum atomic E-state index is 9.47. The summed E-state index contributed by atoms with van der Waals surface area (Å²) in [5.41, 5.74) is 0.763. The van der Waals surface area contributed by atoms with Crippen molar-refractivity contribution < 1.29 is 9.84 Å². The molecule has 0 aromatic heterocycles. The van der Waals surface area contributed by atoms with E-state index in [1.165, 1.54) is 0 Å². The van der Waals surface area contributed by atoms with Gasteiger partial charge in [-0.3, -0.25) is 0 Å². The minimum absolute atomic E-state index is 0.476. The summed E-state index contributed by atoms with van der Waals surface area (Å²) in [6.45, 7) is 1.69. The van der Waals surface area contributed by atoms with Crippen molar-refractivity contribution in [3.05, 3.63) is 57.5 Å². The second kappa shape index (κ2) is 5.74. The molecule has 0 radical (unpaired) electrons. The Hall–Kier alpha value is -1.03. The van der Waals surface area contributed by atoms with E-state index >= 15 is 0 Å². The largest absolute Gasteiger partial charge is 0.455 e. The van der Waals surface area contributed by atoms with Crippen molar-refractivity contribution in [1.29, 1.82) is 0 Å². The van der Waals surface area contributed by atoms with Crippen LogP contribution in [0.25, 0.3) is 0 Å². The standard InChI is InChI=1S/C14H12BrClO2/c1-9(17)10-6-7-14(12(16)8-10)18-13-5-3-2-4-11(13)15/h2-9,17H,1H3/t9-/m1/s1. The summed E-state index contributed by atoms with van der Waals surface area (Å²) in [5.74, 6) is 1.26. The van der Waals surface area contributed by atoms with Gasteiger partial charge < -0.3 is 9.84 Å². The maximum Gasteiger partial charge on any atom is 0.146 e. The fourth-order valence-corrected chi connectivity index (χ4v) is 2.10. The third-order valence-electron chi connectivity index (χ3n) is 2.49. The minimum atomic E-state index is -0.542. The van der Waals surface area contributed by atoms with Gasteiger partial charge in [0.05, 0.1) is 15.6 Å². The van der Waals surface area contributed by atoms with Crippen LogP contribution in [0.3, 0.4) is 0 Å². The highest BCUT2D eigenvalue weighted by atomic mass is 79.9. The topological polar surface area (TPSA) is 29.5 Å². The van der Waals surface area contributed by atoms with Crippen LogP contribution >= 0.6 is 27.5 Å². The Kier molecular flexibility index (Phi) is 4.27. The molecular weight excluding hydrogens is 316 g/mol. The zero-order chi connectivity index (χ0) is 13.1. The van der Waals surface area contributed by atoms with Gasteiger partial charge in [0.2, 0.25) is 0 Å². The number of hydrogen-bond acceptors (Lipinski definition) is 2. The van der Waals surface area contributed by atoms with Gasteiger partial charge in [-0.1, -0.05) is 29.8 Å². The number of aliphatic hydroxyl groups excluding tert-OH is 1. The maximum absolute atomic E-state index is 9.47. The molecule has 2 aromatic rings. The zero-order valence-corrected chi connectivity index (χ0v) is 12.1. The predicted molar refractivity (Wildman–Crippen MR) is 76.3 cm³/mol. The van der Waals surface area contributed by atoms with Crippen LogP contribution in [0.4, 0.5) is 0 Å². The molecule has 18 heavy (non-hydrogen) atoms. The summed E-state index contributed by atoms with van der Waals surface area (Å²) < 4.78 is 6.58. The highest BCUT2D eigenvalue weighted by molar-refractivity contribution is 9.10. The number of hydrogen-bond donors (Lipinski definition) is 1. The van der Waals surface area contributed by atoms with E-state index in [9.17, 15) is 5.11 Å². The van der Waals surface area contributed by atoms with E-state index in [2.05, 4.69) is 15.9 Å². The molecule has 1 N–H and O–H groups in total. The first kappa shape index (κ1) is 13.4. The van der Waals surface area contributed by atoms with Gasteiger partial charge in [-0.2, -0.15) is 0 Å². The van der Waals surface area contributed by atoms with E-state index in [0.717, 1.165) is 10.0 Å². The van der Waals surface area contributed by atoms with Gasteiger partial charge >= 0.3 is 0 Å². The normalized spacial score (nSPS) is 12.2. The molecule has 0 saturated heterocycles. The van der Waals surface area contributed by atoms with E-state index < -0.39 is 6.10 Å². The summed E-state index contributed by atoms with van der Waals surface area (Å²) in [6, 6.07) is 12.8. The summed E-state index contributed by atoms with van der Waals surface area (Å²) >= 11 is 9.53. The summed E-state index contributed by atoms with van der Waals surface area (Å²) in [7, 11) is 0. The molecule has 2 aromatic carbocycles. The van der Waals surface area contributed by atoms with Crippen molar-refractivity contribution >= 4 is 27.5 Å². The van der Waals surface area contributed by atoms with Crippen molar-refractivity contribution in [1.82, 2.24) is 0 Å². The number of rotatable bonds is 3. The molecule has 0 aliphatic carbocycles. The zero-order valence-electron chi connectivity index (χ0n) is 9.73. The SMILES string of the molecule is C[C@@H](O)c1ccc(Oc2ccccc2Br)c(Cl)c1. The Morgan fingerprint density at radius 2 is 1.89 bits per heavy atom. The Balaban J connectivity index is 2.28. The Morgan fingerprint density at radius 3 is 2.50 bits per heavy atom. The molecule has 0 bridgehead atoms. The average molecular weight is 328 g/mol. The molecule has 0 aliphatic rings. The minimum Gasteiger partial charge on any atom is -0.455 e. The third-order valence-corrected chi connectivity index (χ3v) is 3.45. The fourth-order valence-electron chi connectivity index (χ4n) is 1.51. The summed E-state index contributed by atoms with van der Waals surface area (Å²) in [5, 5.41) is 9.94. The van der Waals surface area contributed by atoms with Crippen LogP contribution < -0.4 is 4.74 Å². The lowest BCUT2D eigenvalue weighted by molar-refractivity contribution is 0.199. The van der Waals surface area contributed by atoms with Crippen molar-refractivity contribution in [2.45, 2.75) is 13.0 Å². The van der Waals surface area contributed by atoms with Crippen molar-refractivity contribution in [2.75, 3.05) is 0 Å². The highest BCUT2D eigenvalue weighted by Gasteiger charge is 2.08. The predicted octanol–water partition coefficient (Wildman–Crippen LogP) is 4.95. The Labute approximate surface area is 119 Å². The molecule has 0 unspecified atom stereocenters. The Bertz CT molecular complexity index is 555. The van der Waals surface area contributed by atoms with E-state index in [0.29, 0.717) is 16.5 Å². The molecule has 0 saturated carbocycles. The summed E-state index contributed by atoms with van der Waals surface area (Å²) in [6.07, 6.45) is -0.542. The van der Waals surface area contributed by atoms with Crippen molar-refractivity contribution in [3.8, 4) is 11.5 Å². The van der Waals surface area contributed by atoms with Crippen LogP contribution in [-0.2, 0) is 0 Å². The quantitative estimate of drug-likeness (QED) is 0.864. The van der Waals surface area contributed by atoms with Gasteiger partial charge in [0.1, 0.15) is 11.5 Å². The van der Waals surface area contributed by atoms with Crippen molar-refractivity contribution in [2.24, 2.45) is 0 Å². The number of benzene rings is 2. The molecule has 94 valence electrons. The molecule has 2 nitrogen and oxygen atoms in total. The van der Waals surface area contributed by atoms with Gasteiger partial charge in [0.25, 0.3) is 0 Å². The lowest BCUT2D eigenvalue weighted by atomic mass is 10.1. The molecular formula is C14H12BrClO2. The number of aliphatic hydroxyl groups is 1. The van der Waals surface area contributed by atoms with E-state index in [4.69, 9.17) is 16.3 Å². The van der Waals surface area contributed by atoms with Crippen LogP contribution in [0.1, 0.15) is 18.6 Å². The van der Waals surface area contributed by atoms with Crippen LogP contribution in [0.5, 0.6) is 11.5 Å². The van der Waals surface area contributed by atoms with E-state index in [1.807, 2.05) is 24.3 Å². The number of ether oxygens (including phenoxy) is 1. The Morgan fingerprint density at radius 1 is 1.17 bits per heavy atom. The fraction of sp³-hybridized carbons (Fsp3) is 0.143. The second-order valence-corrected chi connectivity index (χ2v) is 5.16. The van der Waals surface area contributed by atoms with Crippen LogP contribution in [0, 0.1) is 0 Å². The lowest BCUT2D eigenvalue weighted by Crippen LogP contribution is -1.92. The smallest absolute Gasteiger partial charge is 0.146 e. The highest BCUT2D eigenvalue weighted by Crippen LogP contribution is 2.34. The molecule has 0 spiro atoms. The first-order valence-corrected chi connectivity index (χ1v) is 6.65. The summed E-state index contributed by atoms with van der Waals surface area (Å²) in [4.78, 5) is 0. The first-order chi connectivity index (χ1) is 8.58. The lowest BCUT2D eigenvalue weighted by Gasteiger charge is -2.11. The van der Waals surface area contributed by atoms with Crippen LogP contribution in [0.15, 0.2) is 46.9 Å². The number of para-hydroxylation sites is 1. The number of halogens is 2. The van der Waals surface area contributed by atoms with Gasteiger partial charge in [-0.15, -0.1) is 0 Å². The molecule has 4 heteroatoms. The van der Waals surface area contributed by atoms with Gasteiger partial charge in [0.15, 0.2) is 0 Å². The first-order valence-electron chi connectivity index (χ1n) is 5.48. The monoisotopic (exact) mass is 326 g/mol. The van der Waals surface area contributed by atoms with Gasteiger partial charge in [-0.25, -0.2) is 0 Å². The second-order valence-electron chi connectivity index (χ2n) is 3.90. The average Bonchev–Trinajstić information content (AvgIpc) is 2.34. The van der Waals surface area contributed by atoms with Crippen LogP contribution in [0.2, 0.25) is 5.02 Å². The van der Waals surface area contributed by atoms with Crippen LogP contribution in [-0.4, -0.2) is 5.11 Å².